The van der Waals surface area contributed by atoms with Crippen LogP contribution < -0.4 is 21.1 Å². The topological polar surface area (TPSA) is 93.5 Å². The molecule has 0 fully saturated rings. The highest BCUT2D eigenvalue weighted by molar-refractivity contribution is 5.95. The van der Waals surface area contributed by atoms with Gasteiger partial charge in [0.05, 0.1) is 12.8 Å². The molecule has 20 heavy (non-hydrogen) atoms. The third-order valence-corrected chi connectivity index (χ3v) is 2.61. The van der Waals surface area contributed by atoms with Crippen LogP contribution in [0.4, 0.5) is 11.4 Å². The van der Waals surface area contributed by atoms with Gasteiger partial charge in [0, 0.05) is 25.1 Å². The van der Waals surface area contributed by atoms with Crippen molar-refractivity contribution in [2.45, 2.75) is 26.2 Å². The number of hydrogen-bond donors (Lipinski definition) is 3. The first kappa shape index (κ1) is 16.0. The lowest BCUT2D eigenvalue weighted by Crippen LogP contribution is -2.17. The van der Waals surface area contributed by atoms with E-state index in [1.54, 1.807) is 18.2 Å². The Labute approximate surface area is 118 Å². The van der Waals surface area contributed by atoms with Gasteiger partial charge in [-0.1, -0.05) is 6.92 Å². The van der Waals surface area contributed by atoms with Crippen molar-refractivity contribution >= 4 is 23.2 Å². The van der Waals surface area contributed by atoms with Gasteiger partial charge in [0.1, 0.15) is 5.75 Å². The molecule has 1 aromatic rings. The molecule has 0 bridgehead atoms. The summed E-state index contributed by atoms with van der Waals surface area (Å²) in [6.07, 6.45) is 1.47. The molecule has 0 atom stereocenters. The lowest BCUT2D eigenvalue weighted by atomic mass is 10.2. The Morgan fingerprint density at radius 3 is 2.50 bits per heavy atom. The maximum Gasteiger partial charge on any atom is 0.225 e. The SMILES string of the molecule is CCCC(=O)Nc1ccc(OC)c(NC(=O)CCN)c1. The lowest BCUT2D eigenvalue weighted by Gasteiger charge is -2.12. The highest BCUT2D eigenvalue weighted by Gasteiger charge is 2.09. The van der Waals surface area contributed by atoms with E-state index in [9.17, 15) is 9.59 Å². The summed E-state index contributed by atoms with van der Waals surface area (Å²) >= 11 is 0. The summed E-state index contributed by atoms with van der Waals surface area (Å²) < 4.78 is 5.17. The van der Waals surface area contributed by atoms with E-state index in [1.165, 1.54) is 7.11 Å². The van der Waals surface area contributed by atoms with Crippen molar-refractivity contribution in [1.82, 2.24) is 0 Å². The largest absolute Gasteiger partial charge is 0.495 e. The number of hydrogen-bond acceptors (Lipinski definition) is 4. The van der Waals surface area contributed by atoms with Crippen LogP contribution >= 0.6 is 0 Å². The summed E-state index contributed by atoms with van der Waals surface area (Å²) in [6.45, 7) is 2.22. The van der Waals surface area contributed by atoms with Crippen LogP contribution in [0.2, 0.25) is 0 Å². The average molecular weight is 279 g/mol. The minimum atomic E-state index is -0.192. The number of ether oxygens (including phenoxy) is 1. The van der Waals surface area contributed by atoms with Crippen molar-refractivity contribution in [1.29, 1.82) is 0 Å². The number of methoxy groups -OCH3 is 1. The molecule has 0 aliphatic rings. The molecule has 0 saturated carbocycles. The van der Waals surface area contributed by atoms with E-state index >= 15 is 0 Å². The Hall–Kier alpha value is -2.08. The summed E-state index contributed by atoms with van der Waals surface area (Å²) in [4.78, 5) is 23.1. The van der Waals surface area contributed by atoms with E-state index in [1.807, 2.05) is 6.92 Å². The van der Waals surface area contributed by atoms with Crippen LogP contribution in [0.15, 0.2) is 18.2 Å². The number of carbonyl (C=O) groups excluding carboxylic acids is 2. The molecule has 0 heterocycles. The van der Waals surface area contributed by atoms with Crippen molar-refractivity contribution in [3.63, 3.8) is 0 Å². The fraction of sp³-hybridized carbons (Fsp3) is 0.429. The highest BCUT2D eigenvalue weighted by atomic mass is 16.5. The molecule has 110 valence electrons. The molecule has 0 aliphatic carbocycles. The van der Waals surface area contributed by atoms with Gasteiger partial charge in [-0.3, -0.25) is 9.59 Å². The first-order valence-electron chi connectivity index (χ1n) is 6.58. The van der Waals surface area contributed by atoms with Crippen LogP contribution in [0.3, 0.4) is 0 Å². The molecule has 0 unspecified atom stereocenters. The van der Waals surface area contributed by atoms with E-state index in [2.05, 4.69) is 10.6 Å². The van der Waals surface area contributed by atoms with Gasteiger partial charge >= 0.3 is 0 Å². The predicted molar refractivity (Wildman–Crippen MR) is 78.8 cm³/mol. The van der Waals surface area contributed by atoms with Crippen molar-refractivity contribution in [3.05, 3.63) is 18.2 Å². The van der Waals surface area contributed by atoms with Crippen LogP contribution in [-0.2, 0) is 9.59 Å². The second-order valence-corrected chi connectivity index (χ2v) is 4.30. The molecule has 0 aliphatic heterocycles. The molecule has 0 spiro atoms. The summed E-state index contributed by atoms with van der Waals surface area (Å²) in [5.74, 6) is 0.281. The molecule has 6 nitrogen and oxygen atoms in total. The van der Waals surface area contributed by atoms with Crippen LogP contribution in [0.25, 0.3) is 0 Å². The standard InChI is InChI=1S/C14H21N3O3/c1-3-4-13(18)16-10-5-6-12(20-2)11(9-10)17-14(19)7-8-15/h5-6,9H,3-4,7-8,15H2,1-2H3,(H,16,18)(H,17,19). The molecule has 4 N–H and O–H groups in total. The molecule has 0 aromatic heterocycles. The molecule has 0 radical (unpaired) electrons. The second-order valence-electron chi connectivity index (χ2n) is 4.30. The molecule has 2 amide bonds. The van der Waals surface area contributed by atoms with E-state index < -0.39 is 0 Å². The smallest absolute Gasteiger partial charge is 0.225 e. The third kappa shape index (κ3) is 4.89. The number of anilines is 2. The summed E-state index contributed by atoms with van der Waals surface area (Å²) in [5.41, 5.74) is 6.47. The number of amides is 2. The van der Waals surface area contributed by atoms with E-state index in [4.69, 9.17) is 10.5 Å². The van der Waals surface area contributed by atoms with Gasteiger partial charge in [0.25, 0.3) is 0 Å². The van der Waals surface area contributed by atoms with Crippen molar-refractivity contribution < 1.29 is 14.3 Å². The molecule has 0 saturated heterocycles. The van der Waals surface area contributed by atoms with Gasteiger partial charge in [-0.15, -0.1) is 0 Å². The first-order chi connectivity index (χ1) is 9.60. The van der Waals surface area contributed by atoms with Gasteiger partial charge in [-0.2, -0.15) is 0 Å². The fourth-order valence-corrected chi connectivity index (χ4v) is 1.68. The maximum atomic E-state index is 11.6. The quantitative estimate of drug-likeness (QED) is 0.708. The second kappa shape index (κ2) is 8.16. The number of carbonyl (C=O) groups is 2. The fourth-order valence-electron chi connectivity index (χ4n) is 1.68. The van der Waals surface area contributed by atoms with Crippen LogP contribution in [0, 0.1) is 0 Å². The summed E-state index contributed by atoms with van der Waals surface area (Å²) in [6, 6.07) is 5.09. The number of benzene rings is 1. The zero-order valence-electron chi connectivity index (χ0n) is 11.9. The highest BCUT2D eigenvalue weighted by Crippen LogP contribution is 2.28. The Morgan fingerprint density at radius 1 is 1.20 bits per heavy atom. The Bertz CT molecular complexity index is 475. The van der Waals surface area contributed by atoms with Gasteiger partial charge in [-0.25, -0.2) is 0 Å². The zero-order valence-corrected chi connectivity index (χ0v) is 11.9. The van der Waals surface area contributed by atoms with Gasteiger partial charge in [0.15, 0.2) is 0 Å². The zero-order chi connectivity index (χ0) is 15.0. The molecule has 6 heteroatoms. The first-order valence-corrected chi connectivity index (χ1v) is 6.58. The molecular weight excluding hydrogens is 258 g/mol. The minimum Gasteiger partial charge on any atom is -0.495 e. The summed E-state index contributed by atoms with van der Waals surface area (Å²) in [7, 11) is 1.52. The van der Waals surface area contributed by atoms with Crippen molar-refractivity contribution in [2.24, 2.45) is 5.73 Å². The maximum absolute atomic E-state index is 11.6. The van der Waals surface area contributed by atoms with Gasteiger partial charge < -0.3 is 21.1 Å². The third-order valence-electron chi connectivity index (χ3n) is 2.61. The van der Waals surface area contributed by atoms with Gasteiger partial charge in [0.2, 0.25) is 11.8 Å². The van der Waals surface area contributed by atoms with E-state index in [-0.39, 0.29) is 24.8 Å². The average Bonchev–Trinajstić information content (AvgIpc) is 2.39. The Kier molecular flexibility index (Phi) is 6.52. The number of nitrogens with one attached hydrogen (secondary N) is 2. The predicted octanol–water partition coefficient (Wildman–Crippen LogP) is 1.72. The van der Waals surface area contributed by atoms with E-state index in [0.717, 1.165) is 6.42 Å². The van der Waals surface area contributed by atoms with Crippen molar-refractivity contribution in [2.75, 3.05) is 24.3 Å². The minimum absolute atomic E-state index is 0.0584. The number of rotatable bonds is 7. The normalized spacial score (nSPS) is 9.95. The number of nitrogens with two attached hydrogens (primary N) is 1. The Morgan fingerprint density at radius 2 is 1.90 bits per heavy atom. The van der Waals surface area contributed by atoms with Crippen molar-refractivity contribution in [3.8, 4) is 5.75 Å². The monoisotopic (exact) mass is 279 g/mol. The van der Waals surface area contributed by atoms with Gasteiger partial charge in [-0.05, 0) is 24.6 Å². The van der Waals surface area contributed by atoms with Crippen LogP contribution in [-0.4, -0.2) is 25.5 Å². The molecule has 1 rings (SSSR count). The molecular formula is C14H21N3O3. The van der Waals surface area contributed by atoms with Crippen LogP contribution in [0.5, 0.6) is 5.75 Å². The lowest BCUT2D eigenvalue weighted by molar-refractivity contribution is -0.116. The Balaban J connectivity index is 2.85. The summed E-state index contributed by atoms with van der Waals surface area (Å²) in [5, 5.41) is 5.48. The van der Waals surface area contributed by atoms with Crippen LogP contribution in [0.1, 0.15) is 26.2 Å². The van der Waals surface area contributed by atoms with E-state index in [0.29, 0.717) is 23.5 Å². The molecule has 1 aromatic carbocycles.